The number of hydrogen-bond acceptors (Lipinski definition) is 6. The van der Waals surface area contributed by atoms with Gasteiger partial charge >= 0.3 is 11.7 Å². The van der Waals surface area contributed by atoms with E-state index in [9.17, 15) is 22.8 Å². The molecular weight excluding hydrogens is 410 g/mol. The summed E-state index contributed by atoms with van der Waals surface area (Å²) in [6.45, 7) is 1.69. The van der Waals surface area contributed by atoms with Gasteiger partial charge in [-0.1, -0.05) is 30.3 Å². The first kappa shape index (κ1) is 21.5. The van der Waals surface area contributed by atoms with Crippen LogP contribution in [0, 0.1) is 5.92 Å². The van der Waals surface area contributed by atoms with Gasteiger partial charge in [-0.15, -0.1) is 0 Å². The van der Waals surface area contributed by atoms with E-state index in [4.69, 9.17) is 4.74 Å². The molecule has 1 unspecified atom stereocenters. The van der Waals surface area contributed by atoms with Crippen molar-refractivity contribution in [1.29, 1.82) is 0 Å². The summed E-state index contributed by atoms with van der Waals surface area (Å²) in [4.78, 5) is 39.9. The Morgan fingerprint density at radius 1 is 1.10 bits per heavy atom. The Kier molecular flexibility index (Phi) is 6.48. The summed E-state index contributed by atoms with van der Waals surface area (Å²) in [5.74, 6) is -1.22. The van der Waals surface area contributed by atoms with Crippen LogP contribution < -0.4 is 16.0 Å². The second kappa shape index (κ2) is 9.06. The lowest BCUT2D eigenvalue weighted by Crippen LogP contribution is -2.35. The first-order valence-corrected chi connectivity index (χ1v) is 10.7. The van der Waals surface area contributed by atoms with E-state index >= 15 is 0 Å². The summed E-state index contributed by atoms with van der Waals surface area (Å²) in [7, 11) is -4.02. The van der Waals surface area contributed by atoms with Crippen LogP contribution in [0.5, 0.6) is 0 Å². The number of ether oxygens (including phenoxy) is 1. The number of sulfonamides is 1. The molecule has 0 aliphatic heterocycles. The Balaban J connectivity index is 1.83. The van der Waals surface area contributed by atoms with Crippen LogP contribution in [-0.2, 0) is 26.0 Å². The highest BCUT2D eigenvalue weighted by Gasteiger charge is 2.24. The summed E-state index contributed by atoms with van der Waals surface area (Å²) in [6.07, 6.45) is 0.306. The van der Waals surface area contributed by atoms with Crippen LogP contribution in [0.3, 0.4) is 0 Å². The number of carbonyl (C=O) groups is 1. The molecule has 0 radical (unpaired) electrons. The van der Waals surface area contributed by atoms with Crippen molar-refractivity contribution in [1.82, 2.24) is 14.7 Å². The molecule has 0 amide bonds. The van der Waals surface area contributed by atoms with Gasteiger partial charge in [0.15, 0.2) is 0 Å². The Bertz CT molecular complexity index is 1260. The number of hydrogen-bond donors (Lipinski definition) is 3. The van der Waals surface area contributed by atoms with Gasteiger partial charge < -0.3 is 9.72 Å². The molecule has 3 N–H and O–H groups in total. The lowest BCUT2D eigenvalue weighted by atomic mass is 10.00. The van der Waals surface area contributed by atoms with Gasteiger partial charge in [0.25, 0.3) is 5.56 Å². The minimum absolute atomic E-state index is 0.0312. The first-order valence-electron chi connectivity index (χ1n) is 9.26. The third-order valence-electron chi connectivity index (χ3n) is 4.49. The fourth-order valence-corrected chi connectivity index (χ4v) is 4.11. The normalized spacial score (nSPS) is 12.6. The van der Waals surface area contributed by atoms with Gasteiger partial charge in [-0.3, -0.25) is 14.6 Å². The molecule has 0 spiro atoms. The number of aromatic nitrogens is 2. The molecule has 30 heavy (non-hydrogen) atoms. The molecule has 3 aromatic rings. The van der Waals surface area contributed by atoms with E-state index in [1.165, 1.54) is 18.2 Å². The van der Waals surface area contributed by atoms with E-state index in [0.717, 1.165) is 5.56 Å². The van der Waals surface area contributed by atoms with Gasteiger partial charge in [0.1, 0.15) is 0 Å². The van der Waals surface area contributed by atoms with Gasteiger partial charge in [-0.05, 0) is 37.1 Å². The van der Waals surface area contributed by atoms with Gasteiger partial charge in [-0.2, -0.15) is 0 Å². The molecule has 0 fully saturated rings. The van der Waals surface area contributed by atoms with E-state index in [2.05, 4.69) is 14.7 Å². The Hall–Kier alpha value is -3.24. The number of H-pyrrole nitrogens is 2. The molecule has 1 heterocycles. The minimum atomic E-state index is -4.02. The maximum absolute atomic E-state index is 12.7. The number of rotatable bonds is 8. The predicted molar refractivity (Wildman–Crippen MR) is 111 cm³/mol. The van der Waals surface area contributed by atoms with Crippen LogP contribution in [0.25, 0.3) is 10.9 Å². The van der Waals surface area contributed by atoms with Gasteiger partial charge in [0.2, 0.25) is 10.0 Å². The number of fused-ring (bicyclic) bond motifs is 1. The fraction of sp³-hybridized carbons (Fsp3) is 0.250. The summed E-state index contributed by atoms with van der Waals surface area (Å²) < 4.78 is 33.0. The second-order valence-electron chi connectivity index (χ2n) is 6.61. The number of carbonyl (C=O) groups excluding carboxylic acids is 1. The molecule has 9 nitrogen and oxygen atoms in total. The van der Waals surface area contributed by atoms with Crippen molar-refractivity contribution >= 4 is 26.9 Å². The van der Waals surface area contributed by atoms with Gasteiger partial charge in [0.05, 0.1) is 28.3 Å². The van der Waals surface area contributed by atoms with Crippen molar-refractivity contribution in [2.75, 3.05) is 13.2 Å². The molecule has 1 atom stereocenters. The Labute approximate surface area is 172 Å². The molecule has 2 aromatic carbocycles. The standard InChI is InChI=1S/C20H21N3O6S/c1-2-29-19(25)14(10-13-6-4-3-5-7-13)12-21-30(27,28)15-8-9-17-16(11-15)18(24)23-20(26)22-17/h3-9,11,14,21H,2,10,12H2,1H3,(H2,22,23,24,26). The zero-order chi connectivity index (χ0) is 21.7. The highest BCUT2D eigenvalue weighted by molar-refractivity contribution is 7.89. The summed E-state index contributed by atoms with van der Waals surface area (Å²) in [6, 6.07) is 13.0. The Morgan fingerprint density at radius 3 is 2.53 bits per heavy atom. The molecule has 158 valence electrons. The number of esters is 1. The monoisotopic (exact) mass is 431 g/mol. The van der Waals surface area contributed by atoms with Crippen LogP contribution >= 0.6 is 0 Å². The highest BCUT2D eigenvalue weighted by Crippen LogP contribution is 2.16. The second-order valence-corrected chi connectivity index (χ2v) is 8.37. The van der Waals surface area contributed by atoms with E-state index in [1.807, 2.05) is 30.3 Å². The van der Waals surface area contributed by atoms with Crippen molar-refractivity contribution in [3.8, 4) is 0 Å². The third kappa shape index (κ3) is 5.02. The minimum Gasteiger partial charge on any atom is -0.466 e. The molecule has 1 aromatic heterocycles. The quantitative estimate of drug-likeness (QED) is 0.453. The molecule has 0 aliphatic rings. The summed E-state index contributed by atoms with van der Waals surface area (Å²) in [5.41, 5.74) is -0.286. The SMILES string of the molecule is CCOC(=O)C(CNS(=O)(=O)c1ccc2[nH]c(=O)[nH]c(=O)c2c1)Cc1ccccc1. The molecule has 10 heteroatoms. The van der Waals surface area contributed by atoms with Crippen LogP contribution in [0.15, 0.2) is 63.0 Å². The molecule has 0 saturated carbocycles. The van der Waals surface area contributed by atoms with E-state index in [0.29, 0.717) is 6.42 Å². The third-order valence-corrected chi connectivity index (χ3v) is 5.91. The first-order chi connectivity index (χ1) is 14.3. The highest BCUT2D eigenvalue weighted by atomic mass is 32.2. The summed E-state index contributed by atoms with van der Waals surface area (Å²) >= 11 is 0. The van der Waals surface area contributed by atoms with E-state index in [-0.39, 0.29) is 29.0 Å². The van der Waals surface area contributed by atoms with Crippen molar-refractivity contribution in [3.05, 3.63) is 74.9 Å². The van der Waals surface area contributed by atoms with Crippen LogP contribution in [0.1, 0.15) is 12.5 Å². The topological polar surface area (TPSA) is 138 Å². The van der Waals surface area contributed by atoms with Crippen LogP contribution in [-0.4, -0.2) is 37.5 Å². The maximum Gasteiger partial charge on any atom is 0.326 e. The van der Waals surface area contributed by atoms with E-state index < -0.39 is 33.2 Å². The fourth-order valence-electron chi connectivity index (χ4n) is 3.00. The van der Waals surface area contributed by atoms with Crippen molar-refractivity contribution in [2.24, 2.45) is 5.92 Å². The van der Waals surface area contributed by atoms with Crippen LogP contribution in [0.4, 0.5) is 0 Å². The zero-order valence-corrected chi connectivity index (χ0v) is 17.0. The predicted octanol–water partition coefficient (Wildman–Crippen LogP) is 0.917. The Morgan fingerprint density at radius 2 is 1.83 bits per heavy atom. The molecule has 0 saturated heterocycles. The van der Waals surface area contributed by atoms with Crippen molar-refractivity contribution < 1.29 is 17.9 Å². The molecule has 0 bridgehead atoms. The van der Waals surface area contributed by atoms with Crippen molar-refractivity contribution in [3.63, 3.8) is 0 Å². The molecule has 0 aliphatic carbocycles. The van der Waals surface area contributed by atoms with Gasteiger partial charge in [-0.25, -0.2) is 17.9 Å². The van der Waals surface area contributed by atoms with E-state index in [1.54, 1.807) is 6.92 Å². The molecule has 3 rings (SSSR count). The summed E-state index contributed by atoms with van der Waals surface area (Å²) in [5, 5.41) is 0.0312. The number of nitrogens with one attached hydrogen (secondary N) is 3. The average molecular weight is 431 g/mol. The average Bonchev–Trinajstić information content (AvgIpc) is 2.71. The largest absolute Gasteiger partial charge is 0.466 e. The lowest BCUT2D eigenvalue weighted by molar-refractivity contribution is -0.147. The zero-order valence-electron chi connectivity index (χ0n) is 16.2. The van der Waals surface area contributed by atoms with Crippen molar-refractivity contribution in [2.45, 2.75) is 18.2 Å². The maximum atomic E-state index is 12.7. The smallest absolute Gasteiger partial charge is 0.326 e. The number of aromatic amines is 2. The molecular formula is C20H21N3O6S. The van der Waals surface area contributed by atoms with Gasteiger partial charge in [0, 0.05) is 6.54 Å². The number of benzene rings is 2. The lowest BCUT2D eigenvalue weighted by Gasteiger charge is -2.17. The van der Waals surface area contributed by atoms with Crippen LogP contribution in [0.2, 0.25) is 0 Å².